The lowest BCUT2D eigenvalue weighted by atomic mass is 10.1. The Hall–Kier alpha value is -4.23. The van der Waals surface area contributed by atoms with Gasteiger partial charge in [-0.2, -0.15) is 13.2 Å². The third-order valence-electron chi connectivity index (χ3n) is 5.58. The number of fused-ring (bicyclic) bond motifs is 1. The van der Waals surface area contributed by atoms with Crippen molar-refractivity contribution in [3.63, 3.8) is 0 Å². The fourth-order valence-corrected chi connectivity index (χ4v) is 3.71. The highest BCUT2D eigenvalue weighted by molar-refractivity contribution is 6.33. The number of carbonyl (C=O) groups is 1. The first-order chi connectivity index (χ1) is 18.6. The highest BCUT2D eigenvalue weighted by atomic mass is 35.5. The van der Waals surface area contributed by atoms with Gasteiger partial charge in [-0.15, -0.1) is 0 Å². The molecule has 2 aromatic heterocycles. The molecule has 0 atom stereocenters. The number of anilines is 4. The second-order valence-corrected chi connectivity index (χ2v) is 8.63. The van der Waals surface area contributed by atoms with Crippen LogP contribution in [0.3, 0.4) is 0 Å². The molecule has 0 saturated carbocycles. The third-order valence-corrected chi connectivity index (χ3v) is 5.91. The second-order valence-electron chi connectivity index (χ2n) is 8.23. The van der Waals surface area contributed by atoms with Gasteiger partial charge in [0.05, 0.1) is 36.2 Å². The summed E-state index contributed by atoms with van der Waals surface area (Å²) in [5.74, 6) is -0.264. The Morgan fingerprint density at radius 3 is 2.62 bits per heavy atom. The van der Waals surface area contributed by atoms with Crippen molar-refractivity contribution in [3.8, 4) is 5.75 Å². The molecule has 0 aliphatic carbocycles. The first-order valence-corrected chi connectivity index (χ1v) is 11.8. The molecule has 0 aliphatic heterocycles. The molecule has 204 valence electrons. The first kappa shape index (κ1) is 27.8. The molecule has 0 bridgehead atoms. The summed E-state index contributed by atoms with van der Waals surface area (Å²) in [5.41, 5.74) is 0.284. The Kier molecular flexibility index (Phi) is 8.31. The van der Waals surface area contributed by atoms with E-state index in [1.54, 1.807) is 18.2 Å². The van der Waals surface area contributed by atoms with Crippen LogP contribution in [0, 0.1) is 0 Å². The number of aromatic nitrogens is 4. The number of methoxy groups -OCH3 is 2. The van der Waals surface area contributed by atoms with Gasteiger partial charge in [-0.25, -0.2) is 19.9 Å². The molecule has 4 rings (SSSR count). The molecular weight excluding hydrogens is 539 g/mol. The van der Waals surface area contributed by atoms with E-state index in [1.807, 2.05) is 7.05 Å². The van der Waals surface area contributed by atoms with Crippen LogP contribution in [0.25, 0.3) is 11.0 Å². The summed E-state index contributed by atoms with van der Waals surface area (Å²) < 4.78 is 50.0. The number of nitrogens with zero attached hydrogens (tertiary/aromatic N) is 5. The summed E-state index contributed by atoms with van der Waals surface area (Å²) in [7, 11) is 4.55. The van der Waals surface area contributed by atoms with Crippen LogP contribution in [0.1, 0.15) is 15.9 Å². The Morgan fingerprint density at radius 2 is 1.90 bits per heavy atom. The normalized spacial score (nSPS) is 11.4. The maximum absolute atomic E-state index is 13.4. The number of hydrogen-bond donors (Lipinski definition) is 2. The molecule has 0 unspecified atom stereocenters. The number of hydrogen-bond acceptors (Lipinski definition) is 9. The molecule has 2 N–H and O–H groups in total. The van der Waals surface area contributed by atoms with E-state index >= 15 is 0 Å². The number of ether oxygens (including phenoxy) is 2. The van der Waals surface area contributed by atoms with E-state index in [1.165, 1.54) is 30.6 Å². The minimum Gasteiger partial charge on any atom is -0.496 e. The zero-order valence-corrected chi connectivity index (χ0v) is 21.8. The summed E-state index contributed by atoms with van der Waals surface area (Å²) in [6.07, 6.45) is -1.77. The van der Waals surface area contributed by atoms with E-state index in [0.717, 1.165) is 19.2 Å². The zero-order chi connectivity index (χ0) is 28.2. The highest BCUT2D eigenvalue weighted by Gasteiger charge is 2.34. The largest absolute Gasteiger partial charge is 0.496 e. The van der Waals surface area contributed by atoms with Crippen LogP contribution in [0.2, 0.25) is 5.02 Å². The van der Waals surface area contributed by atoms with Gasteiger partial charge in [0.2, 0.25) is 5.95 Å². The number of carbonyl (C=O) groups excluding carboxylic acids is 1. The molecule has 10 nitrogen and oxygen atoms in total. The van der Waals surface area contributed by atoms with Crippen molar-refractivity contribution in [1.82, 2.24) is 19.9 Å². The SMILES string of the molecule is COCCN(C)c1ncc2ncnc(Nc3cc(C(=O)Nc4ccc(OC)c(C(F)(F)F)c4)ccc3Cl)c2n1. The predicted molar refractivity (Wildman–Crippen MR) is 141 cm³/mol. The first-order valence-electron chi connectivity index (χ1n) is 11.4. The Balaban J connectivity index is 1.60. The number of rotatable bonds is 9. The molecule has 1 amide bonds. The molecule has 0 radical (unpaired) electrons. The van der Waals surface area contributed by atoms with Gasteiger partial charge < -0.3 is 25.0 Å². The molecule has 4 aromatic rings. The van der Waals surface area contributed by atoms with E-state index in [9.17, 15) is 18.0 Å². The van der Waals surface area contributed by atoms with Crippen molar-refractivity contribution in [2.75, 3.05) is 50.0 Å². The predicted octanol–water partition coefficient (Wildman–Crippen LogP) is 5.18. The maximum atomic E-state index is 13.4. The Morgan fingerprint density at radius 1 is 1.10 bits per heavy atom. The fourth-order valence-electron chi connectivity index (χ4n) is 3.55. The van der Waals surface area contributed by atoms with E-state index in [2.05, 4.69) is 30.6 Å². The minimum absolute atomic E-state index is 0.0544. The van der Waals surface area contributed by atoms with Crippen LogP contribution >= 0.6 is 11.6 Å². The van der Waals surface area contributed by atoms with Gasteiger partial charge in [0, 0.05) is 32.0 Å². The lowest BCUT2D eigenvalue weighted by molar-refractivity contribution is -0.138. The molecule has 14 heteroatoms. The van der Waals surface area contributed by atoms with Crippen molar-refractivity contribution in [3.05, 3.63) is 65.1 Å². The smallest absolute Gasteiger partial charge is 0.420 e. The van der Waals surface area contributed by atoms with Gasteiger partial charge in [0.25, 0.3) is 5.91 Å². The molecule has 0 saturated heterocycles. The number of alkyl halides is 3. The zero-order valence-electron chi connectivity index (χ0n) is 21.0. The summed E-state index contributed by atoms with van der Waals surface area (Å²) in [6, 6.07) is 7.63. The molecule has 0 spiro atoms. The van der Waals surface area contributed by atoms with Gasteiger partial charge in [0.15, 0.2) is 5.82 Å². The summed E-state index contributed by atoms with van der Waals surface area (Å²) in [5, 5.41) is 5.81. The molecule has 0 fully saturated rings. The van der Waals surface area contributed by atoms with Crippen molar-refractivity contribution < 1.29 is 27.4 Å². The van der Waals surface area contributed by atoms with Crippen LogP contribution in [-0.2, 0) is 10.9 Å². The Bertz CT molecular complexity index is 1500. The maximum Gasteiger partial charge on any atom is 0.420 e. The van der Waals surface area contributed by atoms with Crippen LogP contribution in [0.15, 0.2) is 48.9 Å². The van der Waals surface area contributed by atoms with E-state index in [-0.39, 0.29) is 22.0 Å². The van der Waals surface area contributed by atoms with Gasteiger partial charge in [-0.1, -0.05) is 11.6 Å². The molecule has 39 heavy (non-hydrogen) atoms. The third kappa shape index (κ3) is 6.44. The lowest BCUT2D eigenvalue weighted by Crippen LogP contribution is -2.24. The van der Waals surface area contributed by atoms with Gasteiger partial charge in [-0.05, 0) is 36.4 Å². The van der Waals surface area contributed by atoms with Gasteiger partial charge >= 0.3 is 6.18 Å². The molecule has 0 aliphatic rings. The monoisotopic (exact) mass is 561 g/mol. The standard InChI is InChI=1S/C25H23ClF3N7O3/c1-36(8-9-38-2)24-30-12-19-21(35-24)22(32-13-31-19)34-18-10-14(4-6-17(18)26)23(37)33-15-5-7-20(39-3)16(11-15)25(27,28)29/h4-7,10-13H,8-9H2,1-3H3,(H,33,37)(H,31,32,34). The average Bonchev–Trinajstić information content (AvgIpc) is 2.92. The molecule has 2 aromatic carbocycles. The van der Waals surface area contributed by atoms with Crippen LogP contribution < -0.4 is 20.3 Å². The number of halogens is 4. The van der Waals surface area contributed by atoms with E-state index in [4.69, 9.17) is 21.1 Å². The molecular formula is C25H23ClF3N7O3. The van der Waals surface area contributed by atoms with Crippen molar-refractivity contribution >= 4 is 51.7 Å². The van der Waals surface area contributed by atoms with Crippen LogP contribution in [0.4, 0.5) is 36.3 Å². The second kappa shape index (κ2) is 11.7. The van der Waals surface area contributed by atoms with Crippen molar-refractivity contribution in [2.45, 2.75) is 6.18 Å². The van der Waals surface area contributed by atoms with Crippen LogP contribution in [-0.4, -0.2) is 60.3 Å². The quantitative estimate of drug-likeness (QED) is 0.285. The average molecular weight is 562 g/mol. The summed E-state index contributed by atoms with van der Waals surface area (Å²) >= 11 is 6.37. The number of nitrogens with one attached hydrogen (secondary N) is 2. The van der Waals surface area contributed by atoms with Gasteiger partial charge in [-0.3, -0.25) is 4.79 Å². The van der Waals surface area contributed by atoms with Crippen molar-refractivity contribution in [2.24, 2.45) is 0 Å². The number of amides is 1. The topological polar surface area (TPSA) is 114 Å². The van der Waals surface area contributed by atoms with Crippen molar-refractivity contribution in [1.29, 1.82) is 0 Å². The minimum atomic E-state index is -4.66. The highest BCUT2D eigenvalue weighted by Crippen LogP contribution is 2.38. The summed E-state index contributed by atoms with van der Waals surface area (Å²) in [6.45, 7) is 1.03. The van der Waals surface area contributed by atoms with E-state index in [0.29, 0.717) is 41.6 Å². The van der Waals surface area contributed by atoms with Gasteiger partial charge in [0.1, 0.15) is 23.1 Å². The molecule has 2 heterocycles. The summed E-state index contributed by atoms with van der Waals surface area (Å²) in [4.78, 5) is 32.0. The lowest BCUT2D eigenvalue weighted by Gasteiger charge is -2.17. The fraction of sp³-hybridized carbons (Fsp3) is 0.240. The van der Waals surface area contributed by atoms with E-state index < -0.39 is 17.6 Å². The van der Waals surface area contributed by atoms with Crippen LogP contribution in [0.5, 0.6) is 5.75 Å². The number of benzene rings is 2. The Labute approximate surface area is 226 Å². The number of likely N-dealkylation sites (N-methyl/N-ethyl adjacent to an activating group) is 1.